The van der Waals surface area contributed by atoms with Crippen molar-refractivity contribution in [2.45, 2.75) is 32.4 Å². The van der Waals surface area contributed by atoms with Crippen LogP contribution >= 0.6 is 0 Å². The highest BCUT2D eigenvalue weighted by Crippen LogP contribution is 2.24. The molecule has 0 heterocycles. The highest BCUT2D eigenvalue weighted by molar-refractivity contribution is 7.89. The number of benzene rings is 2. The molecule has 4 N–H and O–H groups in total. The Labute approximate surface area is 168 Å². The maximum Gasteiger partial charge on any atom is 0.211 e. The fraction of sp³-hybridized carbons (Fsp3) is 0.429. The SMILES string of the molecule is CCCS(=O)(=O)NCC(C)(O)c1ccc(N(CCN)Cc2ccccc2)cc1. The molecule has 1 unspecified atom stereocenters. The zero-order valence-electron chi connectivity index (χ0n) is 16.6. The highest BCUT2D eigenvalue weighted by atomic mass is 32.2. The molecular weight excluding hydrogens is 374 g/mol. The molecule has 6 nitrogen and oxygen atoms in total. The molecule has 0 saturated heterocycles. The van der Waals surface area contributed by atoms with Crippen LogP contribution in [-0.4, -0.2) is 38.9 Å². The van der Waals surface area contributed by atoms with Gasteiger partial charge in [0.1, 0.15) is 5.60 Å². The van der Waals surface area contributed by atoms with Crippen molar-refractivity contribution in [2.75, 3.05) is 30.3 Å². The van der Waals surface area contributed by atoms with E-state index in [1.165, 1.54) is 5.56 Å². The number of rotatable bonds is 11. The van der Waals surface area contributed by atoms with Gasteiger partial charge in [-0.05, 0) is 36.6 Å². The normalized spacial score (nSPS) is 13.9. The van der Waals surface area contributed by atoms with Gasteiger partial charge < -0.3 is 15.7 Å². The van der Waals surface area contributed by atoms with Gasteiger partial charge in [-0.15, -0.1) is 0 Å². The summed E-state index contributed by atoms with van der Waals surface area (Å²) >= 11 is 0. The Morgan fingerprint density at radius 3 is 2.32 bits per heavy atom. The minimum absolute atomic E-state index is 0.0511. The molecule has 0 amide bonds. The van der Waals surface area contributed by atoms with Crippen LogP contribution in [0.15, 0.2) is 54.6 Å². The Morgan fingerprint density at radius 2 is 1.75 bits per heavy atom. The van der Waals surface area contributed by atoms with Crippen molar-refractivity contribution in [1.29, 1.82) is 0 Å². The van der Waals surface area contributed by atoms with Gasteiger partial charge in [-0.1, -0.05) is 49.4 Å². The van der Waals surface area contributed by atoms with E-state index in [-0.39, 0.29) is 12.3 Å². The van der Waals surface area contributed by atoms with Crippen molar-refractivity contribution in [3.63, 3.8) is 0 Å². The first-order valence-corrected chi connectivity index (χ1v) is 11.2. The van der Waals surface area contributed by atoms with E-state index in [4.69, 9.17) is 5.73 Å². The van der Waals surface area contributed by atoms with Gasteiger partial charge in [-0.2, -0.15) is 0 Å². The first kappa shape index (κ1) is 22.4. The van der Waals surface area contributed by atoms with Gasteiger partial charge in [-0.25, -0.2) is 13.1 Å². The smallest absolute Gasteiger partial charge is 0.211 e. The van der Waals surface area contributed by atoms with Crippen molar-refractivity contribution < 1.29 is 13.5 Å². The van der Waals surface area contributed by atoms with Gasteiger partial charge in [-0.3, -0.25) is 0 Å². The van der Waals surface area contributed by atoms with Crippen molar-refractivity contribution >= 4 is 15.7 Å². The van der Waals surface area contributed by atoms with Crippen LogP contribution in [0.1, 0.15) is 31.4 Å². The molecule has 0 radical (unpaired) electrons. The molecule has 0 bridgehead atoms. The van der Waals surface area contributed by atoms with Crippen molar-refractivity contribution in [3.05, 3.63) is 65.7 Å². The van der Waals surface area contributed by atoms with Gasteiger partial charge in [0.05, 0.1) is 5.75 Å². The highest BCUT2D eigenvalue weighted by Gasteiger charge is 2.25. The second kappa shape index (κ2) is 10.0. The fourth-order valence-corrected chi connectivity index (χ4v) is 4.17. The van der Waals surface area contributed by atoms with E-state index in [2.05, 4.69) is 21.8 Å². The molecule has 0 spiro atoms. The van der Waals surface area contributed by atoms with Crippen LogP contribution in [0.25, 0.3) is 0 Å². The molecule has 0 aliphatic rings. The molecule has 2 aromatic rings. The Balaban J connectivity index is 2.11. The fourth-order valence-electron chi connectivity index (χ4n) is 2.98. The number of nitrogens with two attached hydrogens (primary N) is 1. The van der Waals surface area contributed by atoms with Gasteiger partial charge in [0.25, 0.3) is 0 Å². The second-order valence-corrected chi connectivity index (χ2v) is 9.08. The summed E-state index contributed by atoms with van der Waals surface area (Å²) in [6.07, 6.45) is 0.532. The van der Waals surface area contributed by atoms with E-state index in [0.29, 0.717) is 25.1 Å². The van der Waals surface area contributed by atoms with Gasteiger partial charge in [0, 0.05) is 31.9 Å². The average Bonchev–Trinajstić information content (AvgIpc) is 2.67. The largest absolute Gasteiger partial charge is 0.384 e. The van der Waals surface area contributed by atoms with Crippen LogP contribution in [0, 0.1) is 0 Å². The molecule has 0 aliphatic carbocycles. The maximum absolute atomic E-state index is 11.9. The van der Waals surface area contributed by atoms with Crippen molar-refractivity contribution in [2.24, 2.45) is 5.73 Å². The van der Waals surface area contributed by atoms with Crippen LogP contribution in [0.4, 0.5) is 5.69 Å². The predicted octanol–water partition coefficient (Wildman–Crippen LogP) is 2.19. The molecule has 0 aliphatic heterocycles. The van der Waals surface area contributed by atoms with E-state index in [1.807, 2.05) is 42.5 Å². The molecule has 1 atom stereocenters. The van der Waals surface area contributed by atoms with E-state index >= 15 is 0 Å². The summed E-state index contributed by atoms with van der Waals surface area (Å²) in [6, 6.07) is 17.7. The molecule has 0 aromatic heterocycles. The average molecular weight is 406 g/mol. The maximum atomic E-state index is 11.9. The van der Waals surface area contributed by atoms with Gasteiger partial charge in [0.2, 0.25) is 10.0 Å². The third-order valence-electron chi connectivity index (χ3n) is 4.58. The van der Waals surface area contributed by atoms with Crippen molar-refractivity contribution in [3.8, 4) is 0 Å². The van der Waals surface area contributed by atoms with Crippen LogP contribution in [0.3, 0.4) is 0 Å². The number of nitrogens with one attached hydrogen (secondary N) is 1. The third kappa shape index (κ3) is 6.60. The first-order chi connectivity index (χ1) is 13.3. The van der Waals surface area contributed by atoms with Gasteiger partial charge in [0.15, 0.2) is 0 Å². The van der Waals surface area contributed by atoms with Crippen LogP contribution in [0.5, 0.6) is 0 Å². The van der Waals surface area contributed by atoms with Crippen molar-refractivity contribution in [1.82, 2.24) is 4.72 Å². The monoisotopic (exact) mass is 405 g/mol. The minimum atomic E-state index is -3.37. The first-order valence-electron chi connectivity index (χ1n) is 9.56. The number of hydrogen-bond acceptors (Lipinski definition) is 5. The van der Waals surface area contributed by atoms with E-state index in [1.54, 1.807) is 13.8 Å². The molecule has 2 aromatic carbocycles. The lowest BCUT2D eigenvalue weighted by Gasteiger charge is -2.27. The van der Waals surface area contributed by atoms with E-state index in [0.717, 1.165) is 12.2 Å². The lowest BCUT2D eigenvalue weighted by molar-refractivity contribution is 0.0627. The molecule has 154 valence electrons. The Kier molecular flexibility index (Phi) is 8.00. The Morgan fingerprint density at radius 1 is 1.11 bits per heavy atom. The molecule has 7 heteroatoms. The molecular formula is C21H31N3O3S. The number of sulfonamides is 1. The molecule has 0 fully saturated rings. The zero-order valence-corrected chi connectivity index (χ0v) is 17.5. The summed E-state index contributed by atoms with van der Waals surface area (Å²) in [7, 11) is -3.37. The van der Waals surface area contributed by atoms with Crippen LogP contribution in [-0.2, 0) is 22.2 Å². The Bertz CT molecular complexity index is 822. The second-order valence-electron chi connectivity index (χ2n) is 7.16. The molecule has 28 heavy (non-hydrogen) atoms. The lowest BCUT2D eigenvalue weighted by Crippen LogP contribution is -2.39. The summed E-state index contributed by atoms with van der Waals surface area (Å²) in [6.45, 7) is 5.33. The number of anilines is 1. The Hall–Kier alpha value is -1.93. The topological polar surface area (TPSA) is 95.7 Å². The van der Waals surface area contributed by atoms with Crippen LogP contribution in [0.2, 0.25) is 0 Å². The molecule has 0 saturated carbocycles. The third-order valence-corrected chi connectivity index (χ3v) is 6.11. The standard InChI is InChI=1S/C21H31N3O3S/c1-3-15-28(26,27)23-17-21(2,25)19-9-11-20(12-10-19)24(14-13-22)16-18-7-5-4-6-8-18/h4-12,23,25H,3,13-17,22H2,1-2H3. The van der Waals surface area contributed by atoms with Crippen LogP contribution < -0.4 is 15.4 Å². The quantitative estimate of drug-likeness (QED) is 0.533. The lowest BCUT2D eigenvalue weighted by atomic mass is 9.96. The summed E-state index contributed by atoms with van der Waals surface area (Å²) in [5.74, 6) is 0.0511. The minimum Gasteiger partial charge on any atom is -0.384 e. The van der Waals surface area contributed by atoms with E-state index < -0.39 is 15.6 Å². The summed E-state index contributed by atoms with van der Waals surface area (Å²) < 4.78 is 26.2. The zero-order chi connectivity index (χ0) is 20.6. The summed E-state index contributed by atoms with van der Waals surface area (Å²) in [5.41, 5.74) is 7.33. The molecule has 2 rings (SSSR count). The number of hydrogen-bond donors (Lipinski definition) is 3. The summed E-state index contributed by atoms with van der Waals surface area (Å²) in [4.78, 5) is 2.18. The number of aliphatic hydroxyl groups is 1. The summed E-state index contributed by atoms with van der Waals surface area (Å²) in [5, 5.41) is 10.7. The van der Waals surface area contributed by atoms with Gasteiger partial charge >= 0.3 is 0 Å². The predicted molar refractivity (Wildman–Crippen MR) is 115 cm³/mol. The van der Waals surface area contributed by atoms with E-state index in [9.17, 15) is 13.5 Å². The number of nitrogens with zero attached hydrogens (tertiary/aromatic N) is 1.